The number of carboxylic acid groups (broad SMARTS) is 1. The Morgan fingerprint density at radius 1 is 1.35 bits per heavy atom. The lowest BCUT2D eigenvalue weighted by atomic mass is 10.0. The van der Waals surface area contributed by atoms with Gasteiger partial charge in [-0.1, -0.05) is 29.4 Å². The number of aryl methyl sites for hydroxylation is 1. The molecule has 1 unspecified atom stereocenters. The lowest BCUT2D eigenvalue weighted by Gasteiger charge is -2.08. The molecule has 2 aromatic rings. The van der Waals surface area contributed by atoms with E-state index in [1.807, 2.05) is 24.3 Å². The Balaban J connectivity index is 1.86. The highest BCUT2D eigenvalue weighted by molar-refractivity contribution is 5.75. The SMILES string of the molecule is Cc1nc(CNCc2ccc(C(C)C(=O)O)cc2)no1. The van der Waals surface area contributed by atoms with Crippen LogP contribution < -0.4 is 5.32 Å². The molecular formula is C14H17N3O3. The molecule has 1 heterocycles. The van der Waals surface area contributed by atoms with E-state index in [1.165, 1.54) is 0 Å². The predicted octanol–water partition coefficient (Wildman–Crippen LogP) is 1.86. The summed E-state index contributed by atoms with van der Waals surface area (Å²) in [5, 5.41) is 15.9. The second kappa shape index (κ2) is 6.29. The first kappa shape index (κ1) is 14.2. The van der Waals surface area contributed by atoms with Crippen molar-refractivity contribution in [3.8, 4) is 0 Å². The number of nitrogens with one attached hydrogen (secondary N) is 1. The van der Waals surface area contributed by atoms with Crippen LogP contribution in [0, 0.1) is 6.92 Å². The van der Waals surface area contributed by atoms with Crippen LogP contribution in [0.4, 0.5) is 0 Å². The highest BCUT2D eigenvalue weighted by atomic mass is 16.5. The number of nitrogens with zero attached hydrogens (tertiary/aromatic N) is 2. The molecule has 0 aliphatic carbocycles. The van der Waals surface area contributed by atoms with Crippen molar-refractivity contribution in [2.45, 2.75) is 32.9 Å². The standard InChI is InChI=1S/C14H17N3O3/c1-9(14(18)19)12-5-3-11(4-6-12)7-15-8-13-16-10(2)20-17-13/h3-6,9,15H,7-8H2,1-2H3,(H,18,19). The summed E-state index contributed by atoms with van der Waals surface area (Å²) >= 11 is 0. The smallest absolute Gasteiger partial charge is 0.310 e. The van der Waals surface area contributed by atoms with E-state index in [9.17, 15) is 4.79 Å². The van der Waals surface area contributed by atoms with Gasteiger partial charge in [-0.3, -0.25) is 4.79 Å². The van der Waals surface area contributed by atoms with E-state index in [0.717, 1.165) is 11.1 Å². The Kier molecular flexibility index (Phi) is 4.47. The van der Waals surface area contributed by atoms with Crippen LogP contribution in [0.2, 0.25) is 0 Å². The summed E-state index contributed by atoms with van der Waals surface area (Å²) in [6.07, 6.45) is 0. The molecule has 6 heteroatoms. The third kappa shape index (κ3) is 3.64. The molecule has 0 aliphatic rings. The average molecular weight is 275 g/mol. The van der Waals surface area contributed by atoms with Gasteiger partial charge in [0.2, 0.25) is 5.89 Å². The molecule has 1 aromatic heterocycles. The van der Waals surface area contributed by atoms with Gasteiger partial charge in [0.15, 0.2) is 5.82 Å². The first-order valence-electron chi connectivity index (χ1n) is 6.38. The van der Waals surface area contributed by atoms with Gasteiger partial charge >= 0.3 is 5.97 Å². The maximum Gasteiger partial charge on any atom is 0.310 e. The van der Waals surface area contributed by atoms with E-state index >= 15 is 0 Å². The van der Waals surface area contributed by atoms with Gasteiger partial charge in [0.25, 0.3) is 0 Å². The number of aromatic nitrogens is 2. The van der Waals surface area contributed by atoms with E-state index in [0.29, 0.717) is 24.8 Å². The first-order chi connectivity index (χ1) is 9.56. The van der Waals surface area contributed by atoms with E-state index in [4.69, 9.17) is 9.63 Å². The molecule has 0 amide bonds. The van der Waals surface area contributed by atoms with Crippen molar-refractivity contribution in [3.05, 3.63) is 47.1 Å². The maximum atomic E-state index is 10.9. The van der Waals surface area contributed by atoms with Crippen LogP contribution in [0.25, 0.3) is 0 Å². The topological polar surface area (TPSA) is 88.2 Å². The summed E-state index contributed by atoms with van der Waals surface area (Å²) in [5.41, 5.74) is 1.88. The summed E-state index contributed by atoms with van der Waals surface area (Å²) in [6, 6.07) is 7.52. The Hall–Kier alpha value is -2.21. The predicted molar refractivity (Wildman–Crippen MR) is 72.1 cm³/mol. The van der Waals surface area contributed by atoms with Crippen molar-refractivity contribution in [3.63, 3.8) is 0 Å². The molecule has 0 radical (unpaired) electrons. The maximum absolute atomic E-state index is 10.9. The molecule has 2 N–H and O–H groups in total. The van der Waals surface area contributed by atoms with E-state index < -0.39 is 11.9 Å². The van der Waals surface area contributed by atoms with Crippen LogP contribution in [0.3, 0.4) is 0 Å². The van der Waals surface area contributed by atoms with Crippen molar-refractivity contribution in [1.82, 2.24) is 15.5 Å². The van der Waals surface area contributed by atoms with Crippen molar-refractivity contribution < 1.29 is 14.4 Å². The number of carbonyl (C=O) groups is 1. The minimum atomic E-state index is -0.816. The van der Waals surface area contributed by atoms with Crippen LogP contribution in [0.5, 0.6) is 0 Å². The fourth-order valence-electron chi connectivity index (χ4n) is 1.80. The highest BCUT2D eigenvalue weighted by Crippen LogP contribution is 2.16. The molecule has 0 aliphatic heterocycles. The number of aliphatic carboxylic acids is 1. The zero-order valence-corrected chi connectivity index (χ0v) is 11.5. The Morgan fingerprint density at radius 3 is 2.60 bits per heavy atom. The van der Waals surface area contributed by atoms with E-state index in [2.05, 4.69) is 15.5 Å². The lowest BCUT2D eigenvalue weighted by Crippen LogP contribution is -2.14. The van der Waals surface area contributed by atoms with Gasteiger partial charge in [0.05, 0.1) is 12.5 Å². The number of carboxylic acids is 1. The van der Waals surface area contributed by atoms with Gasteiger partial charge in [-0.25, -0.2) is 0 Å². The summed E-state index contributed by atoms with van der Waals surface area (Å²) < 4.78 is 4.88. The second-order valence-corrected chi connectivity index (χ2v) is 4.63. The molecule has 0 saturated heterocycles. The number of benzene rings is 1. The largest absolute Gasteiger partial charge is 0.481 e. The van der Waals surface area contributed by atoms with Crippen LogP contribution in [-0.4, -0.2) is 21.2 Å². The third-order valence-corrected chi connectivity index (χ3v) is 3.03. The number of hydrogen-bond acceptors (Lipinski definition) is 5. The molecular weight excluding hydrogens is 258 g/mol. The van der Waals surface area contributed by atoms with Crippen LogP contribution in [0.15, 0.2) is 28.8 Å². The molecule has 20 heavy (non-hydrogen) atoms. The van der Waals surface area contributed by atoms with Gasteiger partial charge in [-0.15, -0.1) is 0 Å². The zero-order chi connectivity index (χ0) is 14.5. The minimum absolute atomic E-state index is 0.487. The molecule has 0 fully saturated rings. The second-order valence-electron chi connectivity index (χ2n) is 4.63. The fourth-order valence-corrected chi connectivity index (χ4v) is 1.80. The molecule has 106 valence electrons. The molecule has 0 saturated carbocycles. The Labute approximate surface area is 116 Å². The fraction of sp³-hybridized carbons (Fsp3) is 0.357. The van der Waals surface area contributed by atoms with Crippen LogP contribution in [-0.2, 0) is 17.9 Å². The third-order valence-electron chi connectivity index (χ3n) is 3.03. The number of rotatable bonds is 6. The highest BCUT2D eigenvalue weighted by Gasteiger charge is 2.12. The zero-order valence-electron chi connectivity index (χ0n) is 11.5. The Bertz CT molecular complexity index is 578. The quantitative estimate of drug-likeness (QED) is 0.836. The van der Waals surface area contributed by atoms with Crippen molar-refractivity contribution in [2.75, 3.05) is 0 Å². The average Bonchev–Trinajstić information content (AvgIpc) is 2.84. The van der Waals surface area contributed by atoms with Crippen molar-refractivity contribution in [1.29, 1.82) is 0 Å². The van der Waals surface area contributed by atoms with Crippen LogP contribution >= 0.6 is 0 Å². The van der Waals surface area contributed by atoms with E-state index in [-0.39, 0.29) is 0 Å². The Morgan fingerprint density at radius 2 is 2.05 bits per heavy atom. The molecule has 1 atom stereocenters. The monoisotopic (exact) mass is 275 g/mol. The van der Waals surface area contributed by atoms with Crippen molar-refractivity contribution in [2.24, 2.45) is 0 Å². The van der Waals surface area contributed by atoms with Gasteiger partial charge in [0, 0.05) is 13.5 Å². The van der Waals surface area contributed by atoms with Gasteiger partial charge in [-0.05, 0) is 18.1 Å². The normalized spacial score (nSPS) is 12.3. The minimum Gasteiger partial charge on any atom is -0.481 e. The summed E-state index contributed by atoms with van der Waals surface area (Å²) in [4.78, 5) is 15.0. The van der Waals surface area contributed by atoms with Crippen LogP contribution in [0.1, 0.15) is 35.7 Å². The van der Waals surface area contributed by atoms with Gasteiger partial charge in [-0.2, -0.15) is 4.98 Å². The molecule has 2 rings (SSSR count). The first-order valence-corrected chi connectivity index (χ1v) is 6.38. The summed E-state index contributed by atoms with van der Waals surface area (Å²) in [5.74, 6) is -0.130. The molecule has 0 spiro atoms. The summed E-state index contributed by atoms with van der Waals surface area (Å²) in [7, 11) is 0. The number of hydrogen-bond donors (Lipinski definition) is 2. The molecule has 1 aromatic carbocycles. The summed E-state index contributed by atoms with van der Waals surface area (Å²) in [6.45, 7) is 4.62. The van der Waals surface area contributed by atoms with Crippen molar-refractivity contribution >= 4 is 5.97 Å². The van der Waals surface area contributed by atoms with Gasteiger partial charge < -0.3 is 14.9 Å². The van der Waals surface area contributed by atoms with E-state index in [1.54, 1.807) is 13.8 Å². The van der Waals surface area contributed by atoms with Gasteiger partial charge in [0.1, 0.15) is 0 Å². The molecule has 6 nitrogen and oxygen atoms in total. The molecule has 0 bridgehead atoms. The lowest BCUT2D eigenvalue weighted by molar-refractivity contribution is -0.138.